The van der Waals surface area contributed by atoms with Gasteiger partial charge in [-0.1, -0.05) is 191 Å². The van der Waals surface area contributed by atoms with Gasteiger partial charge in [-0.05, 0) is 168 Å². The number of rotatable bonds is 6. The quantitative estimate of drug-likeness (QED) is 0.157. The van der Waals surface area contributed by atoms with E-state index in [0.29, 0.717) is 0 Å². The standard InChI is InChI=1S/C72H52N2/c1-71(2)63-21-13-11-19-55(63)57-33-25-52(43-65(57)71)47-23-30-53(31-24-47)73-67-35-26-48(45-15-7-5-8-16-45)39-59(67)61-41-50(28-37-68(61)73)51-29-38-70-62(42-51)60-40-49(46-17-9-6-10-18-46)27-36-69(60)74(70)54-32-34-58-56-20-12-14-22-64(56)72(3,4)66(58)44-54/h5-44H,1-4H3. The molecule has 0 saturated heterocycles. The molecule has 2 nitrogen and oxygen atoms in total. The van der Waals surface area contributed by atoms with Gasteiger partial charge in [-0.2, -0.15) is 0 Å². The number of fused-ring (bicyclic) bond motifs is 12. The number of aromatic nitrogens is 2. The van der Waals surface area contributed by atoms with E-state index in [0.717, 1.165) is 5.69 Å². The fourth-order valence-electron chi connectivity index (χ4n) is 13.1. The Balaban J connectivity index is 0.875. The molecule has 15 rings (SSSR count). The van der Waals surface area contributed by atoms with Crippen molar-refractivity contribution in [3.8, 4) is 78.1 Å². The summed E-state index contributed by atoms with van der Waals surface area (Å²) >= 11 is 0. The van der Waals surface area contributed by atoms with Crippen LogP contribution in [0.25, 0.3) is 122 Å². The van der Waals surface area contributed by atoms with Crippen LogP contribution in [0.2, 0.25) is 0 Å². The minimum absolute atomic E-state index is 0.0486. The highest BCUT2D eigenvalue weighted by Gasteiger charge is 2.37. The second-order valence-corrected chi connectivity index (χ2v) is 21.7. The fraction of sp³-hybridized carbons (Fsp3) is 0.0833. The summed E-state index contributed by atoms with van der Waals surface area (Å²) in [6, 6.07) is 90.9. The molecular formula is C72H52N2. The highest BCUT2D eigenvalue weighted by molar-refractivity contribution is 6.14. The maximum atomic E-state index is 2.49. The van der Waals surface area contributed by atoms with Crippen molar-refractivity contribution >= 4 is 43.6 Å². The lowest BCUT2D eigenvalue weighted by atomic mass is 9.81. The molecule has 2 aromatic heterocycles. The van der Waals surface area contributed by atoms with Crippen LogP contribution < -0.4 is 0 Å². The molecule has 0 saturated carbocycles. The van der Waals surface area contributed by atoms with Gasteiger partial charge in [0.15, 0.2) is 0 Å². The van der Waals surface area contributed by atoms with E-state index < -0.39 is 0 Å². The lowest BCUT2D eigenvalue weighted by Gasteiger charge is -2.22. The van der Waals surface area contributed by atoms with Crippen molar-refractivity contribution in [1.82, 2.24) is 9.13 Å². The van der Waals surface area contributed by atoms with E-state index in [1.807, 2.05) is 0 Å². The van der Waals surface area contributed by atoms with Gasteiger partial charge in [0.25, 0.3) is 0 Å². The molecule has 0 aliphatic heterocycles. The third kappa shape index (κ3) is 6.24. The third-order valence-corrected chi connectivity index (χ3v) is 16.9. The zero-order valence-electron chi connectivity index (χ0n) is 42.0. The summed E-state index contributed by atoms with van der Waals surface area (Å²) in [7, 11) is 0. The van der Waals surface area contributed by atoms with Gasteiger partial charge in [-0.3, -0.25) is 0 Å². The first-order valence-electron chi connectivity index (χ1n) is 26.1. The smallest absolute Gasteiger partial charge is 0.0541 e. The number of hydrogen-bond donors (Lipinski definition) is 0. The SMILES string of the molecule is CC1(C)c2ccccc2-c2ccc(-c3ccc(-n4c5ccc(-c6ccccc6)cc5c5cc(-c6ccc7c(c6)c6cc(-c8ccccc8)ccc6n7-c6ccc7c(c6)C(C)(C)c6ccccc6-7)ccc54)cc3)cc21. The van der Waals surface area contributed by atoms with E-state index in [9.17, 15) is 0 Å². The molecule has 74 heavy (non-hydrogen) atoms. The zero-order valence-corrected chi connectivity index (χ0v) is 42.0. The molecule has 11 aromatic carbocycles. The minimum Gasteiger partial charge on any atom is -0.309 e. The van der Waals surface area contributed by atoms with Crippen LogP contribution in [0.4, 0.5) is 0 Å². The summed E-state index contributed by atoms with van der Waals surface area (Å²) in [4.78, 5) is 0. The minimum atomic E-state index is -0.102. The largest absolute Gasteiger partial charge is 0.309 e. The Bertz CT molecular complexity index is 4450. The molecule has 0 N–H and O–H groups in total. The van der Waals surface area contributed by atoms with Crippen LogP contribution in [-0.2, 0) is 10.8 Å². The van der Waals surface area contributed by atoms with Crippen molar-refractivity contribution in [2.75, 3.05) is 0 Å². The highest BCUT2D eigenvalue weighted by atomic mass is 15.0. The average molecular weight is 945 g/mol. The van der Waals surface area contributed by atoms with Crippen LogP contribution in [0.3, 0.4) is 0 Å². The van der Waals surface area contributed by atoms with Gasteiger partial charge in [0.2, 0.25) is 0 Å². The monoisotopic (exact) mass is 944 g/mol. The van der Waals surface area contributed by atoms with Gasteiger partial charge < -0.3 is 9.13 Å². The Labute approximate surface area is 432 Å². The van der Waals surface area contributed by atoms with Gasteiger partial charge in [0, 0.05) is 43.7 Å². The Kier molecular flexibility index (Phi) is 9.09. The highest BCUT2D eigenvalue weighted by Crippen LogP contribution is 2.51. The van der Waals surface area contributed by atoms with Crippen molar-refractivity contribution in [3.63, 3.8) is 0 Å². The molecule has 13 aromatic rings. The molecule has 2 aliphatic rings. The Morgan fingerprint density at radius 2 is 0.541 bits per heavy atom. The van der Waals surface area contributed by atoms with Gasteiger partial charge in [0.05, 0.1) is 22.1 Å². The van der Waals surface area contributed by atoms with E-state index in [2.05, 4.69) is 279 Å². The first kappa shape index (κ1) is 42.7. The molecule has 0 bridgehead atoms. The molecule has 0 amide bonds. The van der Waals surface area contributed by atoms with E-state index in [-0.39, 0.29) is 10.8 Å². The predicted octanol–water partition coefficient (Wildman–Crippen LogP) is 19.2. The predicted molar refractivity (Wildman–Crippen MR) is 312 cm³/mol. The second kappa shape index (κ2) is 15.8. The topological polar surface area (TPSA) is 9.86 Å². The maximum Gasteiger partial charge on any atom is 0.0541 e. The van der Waals surface area contributed by atoms with E-state index >= 15 is 0 Å². The van der Waals surface area contributed by atoms with Gasteiger partial charge in [-0.25, -0.2) is 0 Å². The summed E-state index contributed by atoms with van der Waals surface area (Å²) < 4.78 is 4.94. The molecule has 350 valence electrons. The zero-order chi connectivity index (χ0) is 49.5. The van der Waals surface area contributed by atoms with Crippen LogP contribution in [0.15, 0.2) is 243 Å². The van der Waals surface area contributed by atoms with Gasteiger partial charge in [0.1, 0.15) is 0 Å². The third-order valence-electron chi connectivity index (χ3n) is 16.9. The Morgan fingerprint density at radius 1 is 0.230 bits per heavy atom. The van der Waals surface area contributed by atoms with Crippen LogP contribution in [0.1, 0.15) is 49.9 Å². The fourth-order valence-corrected chi connectivity index (χ4v) is 13.1. The molecular weight excluding hydrogens is 893 g/mol. The second-order valence-electron chi connectivity index (χ2n) is 21.7. The van der Waals surface area contributed by atoms with Crippen LogP contribution in [0, 0.1) is 0 Å². The molecule has 0 spiro atoms. The number of hydrogen-bond acceptors (Lipinski definition) is 0. The molecule has 0 atom stereocenters. The van der Waals surface area contributed by atoms with Crippen molar-refractivity contribution in [1.29, 1.82) is 0 Å². The summed E-state index contributed by atoms with van der Waals surface area (Å²) in [5.74, 6) is 0. The summed E-state index contributed by atoms with van der Waals surface area (Å²) in [5, 5.41) is 4.95. The van der Waals surface area contributed by atoms with Crippen LogP contribution >= 0.6 is 0 Å². The van der Waals surface area contributed by atoms with E-state index in [4.69, 9.17) is 0 Å². The van der Waals surface area contributed by atoms with Gasteiger partial charge in [-0.15, -0.1) is 0 Å². The summed E-state index contributed by atoms with van der Waals surface area (Å²) in [6.45, 7) is 9.45. The van der Waals surface area contributed by atoms with Crippen molar-refractivity contribution in [2.24, 2.45) is 0 Å². The number of nitrogens with zero attached hydrogens (tertiary/aromatic N) is 2. The lowest BCUT2D eigenvalue weighted by Crippen LogP contribution is -2.15. The van der Waals surface area contributed by atoms with Crippen LogP contribution in [0.5, 0.6) is 0 Å². The molecule has 2 heteroatoms. The van der Waals surface area contributed by atoms with Gasteiger partial charge >= 0.3 is 0 Å². The van der Waals surface area contributed by atoms with Crippen LogP contribution in [-0.4, -0.2) is 9.13 Å². The molecule has 0 unspecified atom stereocenters. The number of benzene rings is 11. The van der Waals surface area contributed by atoms with Crippen molar-refractivity contribution in [2.45, 2.75) is 38.5 Å². The van der Waals surface area contributed by atoms with Crippen molar-refractivity contribution < 1.29 is 0 Å². The molecule has 2 aliphatic carbocycles. The normalized spacial score (nSPS) is 13.9. The summed E-state index contributed by atoms with van der Waals surface area (Å²) in [6.07, 6.45) is 0. The molecule has 0 fully saturated rings. The molecule has 0 radical (unpaired) electrons. The molecule has 2 heterocycles. The van der Waals surface area contributed by atoms with E-state index in [1.165, 1.54) is 138 Å². The summed E-state index contributed by atoms with van der Waals surface area (Å²) in [5.41, 5.74) is 27.6. The first-order chi connectivity index (χ1) is 36.2. The Hall–Kier alpha value is -8.98. The maximum absolute atomic E-state index is 2.49. The Morgan fingerprint density at radius 3 is 1.01 bits per heavy atom. The average Bonchev–Trinajstić information content (AvgIpc) is 4.15. The van der Waals surface area contributed by atoms with E-state index in [1.54, 1.807) is 0 Å². The lowest BCUT2D eigenvalue weighted by molar-refractivity contribution is 0.660. The van der Waals surface area contributed by atoms with Crippen molar-refractivity contribution in [3.05, 3.63) is 265 Å². The first-order valence-corrected chi connectivity index (χ1v) is 26.1.